The highest BCUT2D eigenvalue weighted by Gasteiger charge is 2.40. The average Bonchev–Trinajstić information content (AvgIpc) is 3.02. The number of hydrogen-bond donors (Lipinski definition) is 2. The summed E-state index contributed by atoms with van der Waals surface area (Å²) in [6.45, 7) is -0.00609. The number of benzene rings is 1. The zero-order chi connectivity index (χ0) is 16.1. The van der Waals surface area contributed by atoms with E-state index in [1.165, 1.54) is 0 Å². The Labute approximate surface area is 123 Å². The molecule has 1 atom stereocenters. The van der Waals surface area contributed by atoms with Crippen LogP contribution in [0.2, 0.25) is 0 Å². The van der Waals surface area contributed by atoms with E-state index in [2.05, 4.69) is 4.98 Å². The summed E-state index contributed by atoms with van der Waals surface area (Å²) in [5.74, 6) is -3.20. The van der Waals surface area contributed by atoms with Crippen molar-refractivity contribution < 1.29 is 27.1 Å². The molecular formula is C12H11FN2O6S. The van der Waals surface area contributed by atoms with Crippen LogP contribution in [0.25, 0.3) is 11.1 Å². The van der Waals surface area contributed by atoms with E-state index in [-0.39, 0.29) is 24.1 Å². The predicted molar refractivity (Wildman–Crippen MR) is 71.3 cm³/mol. The molecule has 2 heterocycles. The minimum absolute atomic E-state index is 0.00609. The second-order valence-corrected chi connectivity index (χ2v) is 6.76. The molecule has 0 radical (unpaired) electrons. The van der Waals surface area contributed by atoms with Crippen LogP contribution in [0.15, 0.2) is 26.2 Å². The molecule has 0 bridgehead atoms. The second-order valence-electron chi connectivity index (χ2n) is 4.91. The molecule has 2 aromatic rings. The molecule has 0 amide bonds. The Hall–Kier alpha value is -2.20. The normalized spacial score (nSPS) is 19.8. The molecule has 3 rings (SSSR count). The maximum absolute atomic E-state index is 14.1. The molecule has 1 saturated heterocycles. The second kappa shape index (κ2) is 4.92. The monoisotopic (exact) mass is 330 g/mol. The number of carboxylic acid groups (broad SMARTS) is 1. The van der Waals surface area contributed by atoms with Gasteiger partial charge in [-0.1, -0.05) is 0 Å². The molecule has 10 heteroatoms. The summed E-state index contributed by atoms with van der Waals surface area (Å²) < 4.78 is 44.6. The minimum atomic E-state index is -4.34. The summed E-state index contributed by atoms with van der Waals surface area (Å²) >= 11 is 0. The Morgan fingerprint density at radius 3 is 2.86 bits per heavy atom. The van der Waals surface area contributed by atoms with Gasteiger partial charge < -0.3 is 9.52 Å². The van der Waals surface area contributed by atoms with E-state index in [9.17, 15) is 22.4 Å². The van der Waals surface area contributed by atoms with E-state index in [4.69, 9.17) is 9.52 Å². The number of rotatable bonds is 3. The fourth-order valence-corrected chi connectivity index (χ4v) is 4.26. The lowest BCUT2D eigenvalue weighted by atomic mass is 10.2. The number of fused-ring (bicyclic) bond motifs is 1. The van der Waals surface area contributed by atoms with Crippen LogP contribution in [0.3, 0.4) is 0 Å². The number of hydrogen-bond acceptors (Lipinski definition) is 5. The van der Waals surface area contributed by atoms with Crippen LogP contribution in [-0.2, 0) is 14.8 Å². The van der Waals surface area contributed by atoms with Gasteiger partial charge in [0.15, 0.2) is 5.58 Å². The quantitative estimate of drug-likeness (QED) is 0.845. The van der Waals surface area contributed by atoms with Gasteiger partial charge in [0.05, 0.1) is 5.52 Å². The van der Waals surface area contributed by atoms with Crippen LogP contribution in [0.5, 0.6) is 0 Å². The van der Waals surface area contributed by atoms with Crippen LogP contribution >= 0.6 is 0 Å². The molecule has 1 aromatic carbocycles. The van der Waals surface area contributed by atoms with Gasteiger partial charge in [-0.3, -0.25) is 9.78 Å². The third-order valence-electron chi connectivity index (χ3n) is 3.55. The third-order valence-corrected chi connectivity index (χ3v) is 5.47. The van der Waals surface area contributed by atoms with E-state index in [1.54, 1.807) is 0 Å². The van der Waals surface area contributed by atoms with Crippen molar-refractivity contribution in [2.75, 3.05) is 6.54 Å². The number of aliphatic carboxylic acids is 1. The first-order valence-electron chi connectivity index (χ1n) is 6.38. The summed E-state index contributed by atoms with van der Waals surface area (Å²) in [5.41, 5.74) is -0.0892. The van der Waals surface area contributed by atoms with E-state index in [1.807, 2.05) is 0 Å². The van der Waals surface area contributed by atoms with Crippen LogP contribution in [0, 0.1) is 5.82 Å². The number of sulfonamides is 1. The molecule has 1 fully saturated rings. The number of halogens is 1. The lowest BCUT2D eigenvalue weighted by Gasteiger charge is -2.21. The zero-order valence-electron chi connectivity index (χ0n) is 11.1. The van der Waals surface area contributed by atoms with Gasteiger partial charge in [-0.25, -0.2) is 17.6 Å². The van der Waals surface area contributed by atoms with Crippen molar-refractivity contribution in [1.82, 2.24) is 9.29 Å². The largest absolute Gasteiger partial charge is 0.480 e. The number of carbonyl (C=O) groups is 1. The van der Waals surface area contributed by atoms with Gasteiger partial charge in [0.25, 0.3) is 0 Å². The number of nitrogens with zero attached hydrogens (tertiary/aromatic N) is 1. The summed E-state index contributed by atoms with van der Waals surface area (Å²) in [6.07, 6.45) is 0.539. The number of aromatic nitrogens is 1. The number of nitrogens with one attached hydrogen (secondary N) is 1. The highest BCUT2D eigenvalue weighted by atomic mass is 32.2. The molecule has 118 valence electrons. The van der Waals surface area contributed by atoms with Gasteiger partial charge in [0, 0.05) is 18.7 Å². The molecule has 8 nitrogen and oxygen atoms in total. The zero-order valence-corrected chi connectivity index (χ0v) is 11.9. The van der Waals surface area contributed by atoms with Crippen molar-refractivity contribution >= 4 is 27.1 Å². The van der Waals surface area contributed by atoms with E-state index < -0.39 is 38.5 Å². The van der Waals surface area contributed by atoms with Crippen molar-refractivity contribution in [3.63, 3.8) is 0 Å². The first-order chi connectivity index (χ1) is 10.3. The highest BCUT2D eigenvalue weighted by Crippen LogP contribution is 2.29. The Morgan fingerprint density at radius 1 is 1.45 bits per heavy atom. The van der Waals surface area contributed by atoms with Gasteiger partial charge in [0.1, 0.15) is 16.8 Å². The molecular weight excluding hydrogens is 319 g/mol. The molecule has 0 spiro atoms. The van der Waals surface area contributed by atoms with Crippen LogP contribution in [-0.4, -0.2) is 41.4 Å². The Morgan fingerprint density at radius 2 is 2.18 bits per heavy atom. The lowest BCUT2D eigenvalue weighted by molar-refractivity contribution is -0.140. The molecule has 1 aliphatic heterocycles. The fraction of sp³-hybridized carbons (Fsp3) is 0.333. The summed E-state index contributed by atoms with van der Waals surface area (Å²) in [7, 11) is -4.34. The van der Waals surface area contributed by atoms with Gasteiger partial charge in [-0.15, -0.1) is 0 Å². The smallest absolute Gasteiger partial charge is 0.417 e. The average molecular weight is 330 g/mol. The SMILES string of the molecule is O=C(O)C1CCCN1S(=O)(=O)c1cc2oc(=O)[nH]c2cc1F. The molecule has 2 N–H and O–H groups in total. The standard InChI is InChI=1S/C12H11FN2O6S/c13-6-4-7-9(21-12(18)14-7)5-10(6)22(19,20)15-3-1-2-8(15)11(16)17/h4-5,8H,1-3H2,(H,14,18)(H,16,17). The van der Waals surface area contributed by atoms with Gasteiger partial charge in [0.2, 0.25) is 10.0 Å². The Bertz CT molecular complexity index is 915. The van der Waals surface area contributed by atoms with Gasteiger partial charge >= 0.3 is 11.7 Å². The van der Waals surface area contributed by atoms with Crippen molar-refractivity contribution in [2.24, 2.45) is 0 Å². The number of aromatic amines is 1. The topological polar surface area (TPSA) is 121 Å². The van der Waals surface area contributed by atoms with Crippen LogP contribution in [0.1, 0.15) is 12.8 Å². The first kappa shape index (κ1) is 14.7. The Balaban J connectivity index is 2.14. The predicted octanol–water partition coefficient (Wildman–Crippen LogP) is 0.498. The van der Waals surface area contributed by atoms with E-state index in [0.29, 0.717) is 6.42 Å². The van der Waals surface area contributed by atoms with Crippen molar-refractivity contribution in [2.45, 2.75) is 23.8 Å². The van der Waals surface area contributed by atoms with Gasteiger partial charge in [-0.2, -0.15) is 4.31 Å². The third kappa shape index (κ3) is 2.20. The van der Waals surface area contributed by atoms with Crippen molar-refractivity contribution in [1.29, 1.82) is 0 Å². The molecule has 1 aliphatic rings. The van der Waals surface area contributed by atoms with Crippen LogP contribution in [0.4, 0.5) is 4.39 Å². The number of H-pyrrole nitrogens is 1. The number of carboxylic acids is 1. The van der Waals surface area contributed by atoms with Crippen molar-refractivity contribution in [3.8, 4) is 0 Å². The molecule has 1 aromatic heterocycles. The maximum Gasteiger partial charge on any atom is 0.417 e. The first-order valence-corrected chi connectivity index (χ1v) is 7.82. The molecule has 0 aliphatic carbocycles. The minimum Gasteiger partial charge on any atom is -0.480 e. The van der Waals surface area contributed by atoms with Crippen LogP contribution < -0.4 is 5.76 Å². The van der Waals surface area contributed by atoms with E-state index in [0.717, 1.165) is 16.4 Å². The summed E-state index contributed by atoms with van der Waals surface area (Å²) in [5, 5.41) is 9.07. The number of oxazole rings is 1. The summed E-state index contributed by atoms with van der Waals surface area (Å²) in [6, 6.07) is 0.493. The summed E-state index contributed by atoms with van der Waals surface area (Å²) in [4.78, 5) is 23.7. The highest BCUT2D eigenvalue weighted by molar-refractivity contribution is 7.89. The van der Waals surface area contributed by atoms with Crippen molar-refractivity contribution in [3.05, 3.63) is 28.5 Å². The Kier molecular flexibility index (Phi) is 3.29. The maximum atomic E-state index is 14.1. The van der Waals surface area contributed by atoms with E-state index >= 15 is 0 Å². The molecule has 1 unspecified atom stereocenters. The fourth-order valence-electron chi connectivity index (χ4n) is 2.55. The van der Waals surface area contributed by atoms with Gasteiger partial charge in [-0.05, 0) is 12.8 Å². The lowest BCUT2D eigenvalue weighted by Crippen LogP contribution is -2.40. The molecule has 0 saturated carbocycles. The molecule has 22 heavy (non-hydrogen) atoms.